The van der Waals surface area contributed by atoms with E-state index in [1.807, 2.05) is 25.1 Å². The Bertz CT molecular complexity index is 612. The summed E-state index contributed by atoms with van der Waals surface area (Å²) in [4.78, 5) is 17.6. The zero-order chi connectivity index (χ0) is 12.4. The predicted octanol–water partition coefficient (Wildman–Crippen LogP) is 3.24. The lowest BCUT2D eigenvalue weighted by atomic mass is 10.2. The van der Waals surface area contributed by atoms with Gasteiger partial charge in [-0.2, -0.15) is 0 Å². The lowest BCUT2D eigenvalue weighted by Crippen LogP contribution is -2.09. The fourth-order valence-electron chi connectivity index (χ4n) is 1.28. The second-order valence-corrected chi connectivity index (χ2v) is 4.72. The summed E-state index contributed by atoms with van der Waals surface area (Å²) in [6.07, 6.45) is 1.31. The Hall–Kier alpha value is -1.33. The van der Waals surface area contributed by atoms with E-state index in [1.165, 1.54) is 6.33 Å². The molecule has 0 radical (unpaired) electrons. The Morgan fingerprint density at radius 3 is 2.94 bits per heavy atom. The highest BCUT2D eigenvalue weighted by atomic mass is 79.9. The molecule has 0 bridgehead atoms. The molecule has 0 unspecified atom stereocenters. The van der Waals surface area contributed by atoms with Gasteiger partial charge in [0, 0.05) is 10.2 Å². The van der Waals surface area contributed by atoms with Crippen molar-refractivity contribution in [1.29, 1.82) is 0 Å². The van der Waals surface area contributed by atoms with Crippen molar-refractivity contribution in [2.24, 2.45) is 0 Å². The molecule has 0 amide bonds. The number of nitrogens with zero attached hydrogens (tertiary/aromatic N) is 1. The van der Waals surface area contributed by atoms with Crippen LogP contribution in [0.15, 0.2) is 33.8 Å². The summed E-state index contributed by atoms with van der Waals surface area (Å²) in [6, 6.07) is 5.74. The number of rotatable bonds is 2. The summed E-state index contributed by atoms with van der Waals surface area (Å²) < 4.78 is 0.975. The minimum absolute atomic E-state index is 0.0456. The molecule has 88 valence electrons. The third-order valence-corrected chi connectivity index (χ3v) is 3.44. The molecule has 0 atom stereocenters. The van der Waals surface area contributed by atoms with Crippen LogP contribution in [0.1, 0.15) is 5.56 Å². The Morgan fingerprint density at radius 1 is 1.47 bits per heavy atom. The van der Waals surface area contributed by atoms with E-state index >= 15 is 0 Å². The normalized spacial score (nSPS) is 10.3. The smallest absolute Gasteiger partial charge is 0.271 e. The maximum Gasteiger partial charge on any atom is 0.271 e. The fraction of sp³-hybridized carbons (Fsp3) is 0.0909. The Balaban J connectivity index is 2.35. The van der Waals surface area contributed by atoms with Crippen LogP contribution in [0.2, 0.25) is 5.02 Å². The molecule has 0 spiro atoms. The monoisotopic (exact) mass is 313 g/mol. The van der Waals surface area contributed by atoms with E-state index < -0.39 is 0 Å². The summed E-state index contributed by atoms with van der Waals surface area (Å²) in [5, 5.41) is 3.03. The Morgan fingerprint density at radius 2 is 2.24 bits per heavy atom. The topological polar surface area (TPSA) is 57.8 Å². The van der Waals surface area contributed by atoms with Crippen LogP contribution in [-0.4, -0.2) is 9.97 Å². The van der Waals surface area contributed by atoms with Gasteiger partial charge in [-0.1, -0.05) is 33.6 Å². The van der Waals surface area contributed by atoms with Crippen LogP contribution >= 0.6 is 27.5 Å². The van der Waals surface area contributed by atoms with E-state index in [4.69, 9.17) is 11.6 Å². The van der Waals surface area contributed by atoms with Crippen LogP contribution in [0.4, 0.5) is 11.5 Å². The largest absolute Gasteiger partial charge is 0.339 e. The first-order valence-electron chi connectivity index (χ1n) is 4.84. The van der Waals surface area contributed by atoms with E-state index in [9.17, 15) is 4.79 Å². The maximum atomic E-state index is 11.3. The van der Waals surface area contributed by atoms with Gasteiger partial charge in [0.15, 0.2) is 5.82 Å². The predicted molar refractivity (Wildman–Crippen MR) is 72.0 cm³/mol. The molecule has 0 fully saturated rings. The molecule has 0 saturated heterocycles. The zero-order valence-electron chi connectivity index (χ0n) is 8.92. The number of aromatic nitrogens is 2. The minimum atomic E-state index is -0.365. The van der Waals surface area contributed by atoms with Crippen LogP contribution in [0, 0.1) is 6.92 Å². The van der Waals surface area contributed by atoms with Crippen LogP contribution < -0.4 is 10.9 Å². The van der Waals surface area contributed by atoms with Gasteiger partial charge in [0.25, 0.3) is 5.56 Å². The van der Waals surface area contributed by atoms with Gasteiger partial charge in [-0.3, -0.25) is 4.79 Å². The van der Waals surface area contributed by atoms with E-state index in [1.54, 1.807) is 0 Å². The van der Waals surface area contributed by atoms with Crippen molar-refractivity contribution in [3.8, 4) is 0 Å². The van der Waals surface area contributed by atoms with Crippen molar-refractivity contribution in [3.05, 3.63) is 49.9 Å². The lowest BCUT2D eigenvalue weighted by molar-refractivity contribution is 1.12. The van der Waals surface area contributed by atoms with Crippen molar-refractivity contribution in [2.75, 3.05) is 5.32 Å². The van der Waals surface area contributed by atoms with Gasteiger partial charge in [-0.25, -0.2) is 4.98 Å². The average molecular weight is 315 g/mol. The maximum absolute atomic E-state index is 11.3. The van der Waals surface area contributed by atoms with E-state index in [0.29, 0.717) is 5.82 Å². The third kappa shape index (κ3) is 2.68. The summed E-state index contributed by atoms with van der Waals surface area (Å²) in [7, 11) is 0. The molecule has 17 heavy (non-hydrogen) atoms. The van der Waals surface area contributed by atoms with Gasteiger partial charge in [-0.15, -0.1) is 0 Å². The van der Waals surface area contributed by atoms with Crippen LogP contribution in [-0.2, 0) is 0 Å². The number of aromatic amines is 1. The first kappa shape index (κ1) is 12.1. The Labute approximate surface area is 111 Å². The van der Waals surface area contributed by atoms with Crippen LogP contribution in [0.3, 0.4) is 0 Å². The zero-order valence-corrected chi connectivity index (χ0v) is 11.3. The molecule has 0 saturated carbocycles. The van der Waals surface area contributed by atoms with Crippen molar-refractivity contribution in [3.63, 3.8) is 0 Å². The van der Waals surface area contributed by atoms with Crippen LogP contribution in [0.25, 0.3) is 0 Å². The SMILES string of the molecule is Cc1ccc(Nc2nc[nH]c(=O)c2Cl)cc1Br. The average Bonchev–Trinajstić information content (AvgIpc) is 2.30. The van der Waals surface area contributed by atoms with Gasteiger partial charge < -0.3 is 10.3 Å². The van der Waals surface area contributed by atoms with Gasteiger partial charge in [-0.05, 0) is 24.6 Å². The quantitative estimate of drug-likeness (QED) is 0.894. The highest BCUT2D eigenvalue weighted by Gasteiger charge is 2.06. The summed E-state index contributed by atoms with van der Waals surface area (Å²) in [5.74, 6) is 0.339. The number of halogens is 2. The van der Waals surface area contributed by atoms with Crippen molar-refractivity contribution >= 4 is 39.0 Å². The first-order chi connectivity index (χ1) is 8.08. The van der Waals surface area contributed by atoms with Gasteiger partial charge in [0.05, 0.1) is 6.33 Å². The second kappa shape index (κ2) is 4.89. The summed E-state index contributed by atoms with van der Waals surface area (Å²) in [5.41, 5.74) is 1.57. The standard InChI is InChI=1S/C11H9BrClN3O/c1-6-2-3-7(4-8(6)12)16-10-9(13)11(17)15-5-14-10/h2-5H,1H3,(H2,14,15,16,17). The number of nitrogens with one attached hydrogen (secondary N) is 2. The Kier molecular flexibility index (Phi) is 3.49. The molecule has 1 aromatic carbocycles. The molecule has 6 heteroatoms. The number of H-pyrrole nitrogens is 1. The number of anilines is 2. The molecule has 0 aliphatic heterocycles. The number of hydrogen-bond donors (Lipinski definition) is 2. The minimum Gasteiger partial charge on any atom is -0.339 e. The number of benzene rings is 1. The van der Waals surface area contributed by atoms with Gasteiger partial charge >= 0.3 is 0 Å². The molecule has 1 aromatic heterocycles. The van der Waals surface area contributed by atoms with Gasteiger partial charge in [0.1, 0.15) is 5.02 Å². The first-order valence-corrected chi connectivity index (χ1v) is 6.01. The summed E-state index contributed by atoms with van der Waals surface area (Å²) in [6.45, 7) is 1.99. The molecule has 2 aromatic rings. The second-order valence-electron chi connectivity index (χ2n) is 3.48. The highest BCUT2D eigenvalue weighted by molar-refractivity contribution is 9.10. The van der Waals surface area contributed by atoms with Crippen molar-refractivity contribution < 1.29 is 0 Å². The van der Waals surface area contributed by atoms with E-state index in [2.05, 4.69) is 31.2 Å². The molecule has 2 rings (SSSR count). The molecular weight excluding hydrogens is 305 g/mol. The third-order valence-electron chi connectivity index (χ3n) is 2.23. The molecule has 1 heterocycles. The molecule has 0 aliphatic carbocycles. The molecule has 0 aliphatic rings. The fourth-order valence-corrected chi connectivity index (χ4v) is 1.81. The van der Waals surface area contributed by atoms with Crippen molar-refractivity contribution in [1.82, 2.24) is 9.97 Å². The molecule has 2 N–H and O–H groups in total. The lowest BCUT2D eigenvalue weighted by Gasteiger charge is -2.07. The number of hydrogen-bond acceptors (Lipinski definition) is 3. The van der Waals surface area contributed by atoms with E-state index in [0.717, 1.165) is 15.7 Å². The highest BCUT2D eigenvalue weighted by Crippen LogP contribution is 2.24. The van der Waals surface area contributed by atoms with E-state index in [-0.39, 0.29) is 10.6 Å². The summed E-state index contributed by atoms with van der Waals surface area (Å²) >= 11 is 9.26. The van der Waals surface area contributed by atoms with Crippen molar-refractivity contribution in [2.45, 2.75) is 6.92 Å². The van der Waals surface area contributed by atoms with Gasteiger partial charge in [0.2, 0.25) is 0 Å². The molecular formula is C11H9BrClN3O. The number of aryl methyl sites for hydroxylation is 1. The van der Waals surface area contributed by atoms with Crippen LogP contribution in [0.5, 0.6) is 0 Å². The molecule has 4 nitrogen and oxygen atoms in total.